The molecule has 1 aromatic heterocycles. The van der Waals surface area contributed by atoms with Crippen molar-refractivity contribution in [1.29, 1.82) is 0 Å². The molecule has 2 aliphatic heterocycles. The zero-order chi connectivity index (χ0) is 16.2. The summed E-state index contributed by atoms with van der Waals surface area (Å²) in [5.41, 5.74) is 0.502. The van der Waals surface area contributed by atoms with Crippen molar-refractivity contribution in [2.75, 3.05) is 6.54 Å². The minimum absolute atomic E-state index is 0.0233. The molecule has 0 unspecified atom stereocenters. The third-order valence-corrected chi connectivity index (χ3v) is 4.07. The number of amides is 2. The van der Waals surface area contributed by atoms with Crippen LogP contribution in [0.25, 0.3) is 0 Å². The lowest BCUT2D eigenvalue weighted by atomic mass is 10.00. The number of pyridine rings is 1. The second-order valence-corrected chi connectivity index (χ2v) is 5.90. The van der Waals surface area contributed by atoms with Crippen molar-refractivity contribution in [1.82, 2.24) is 15.2 Å². The number of amidine groups is 1. The van der Waals surface area contributed by atoms with Gasteiger partial charge in [-0.2, -0.15) is 0 Å². The highest BCUT2D eigenvalue weighted by atomic mass is 16.6. The Morgan fingerprint density at radius 2 is 2.26 bits per heavy atom. The summed E-state index contributed by atoms with van der Waals surface area (Å²) in [5, 5.41) is 6.64. The lowest BCUT2D eigenvalue weighted by Crippen LogP contribution is -2.52. The van der Waals surface area contributed by atoms with E-state index in [4.69, 9.17) is 4.84 Å². The molecule has 23 heavy (non-hydrogen) atoms. The number of nitrogens with one attached hydrogen (secondary N) is 1. The quantitative estimate of drug-likeness (QED) is 0.892. The molecule has 2 amide bonds. The Kier molecular flexibility index (Phi) is 4.55. The molecule has 122 valence electrons. The van der Waals surface area contributed by atoms with Crippen LogP contribution in [0.5, 0.6) is 0 Å². The van der Waals surface area contributed by atoms with Crippen molar-refractivity contribution >= 4 is 17.6 Å². The maximum atomic E-state index is 12.7. The number of hydrogen-bond donors (Lipinski definition) is 1. The van der Waals surface area contributed by atoms with Crippen LogP contribution in [-0.2, 0) is 9.63 Å². The van der Waals surface area contributed by atoms with Crippen molar-refractivity contribution in [2.45, 2.75) is 44.8 Å². The highest BCUT2D eigenvalue weighted by molar-refractivity contribution is 6.03. The van der Waals surface area contributed by atoms with Crippen molar-refractivity contribution in [2.24, 2.45) is 5.16 Å². The molecule has 1 saturated heterocycles. The van der Waals surface area contributed by atoms with E-state index in [2.05, 4.69) is 15.5 Å². The van der Waals surface area contributed by atoms with Crippen LogP contribution in [-0.4, -0.2) is 46.2 Å². The highest BCUT2D eigenvalue weighted by Gasteiger charge is 2.33. The van der Waals surface area contributed by atoms with Crippen LogP contribution in [0.15, 0.2) is 29.7 Å². The van der Waals surface area contributed by atoms with Crippen LogP contribution < -0.4 is 5.32 Å². The van der Waals surface area contributed by atoms with Crippen LogP contribution in [0, 0.1) is 0 Å². The van der Waals surface area contributed by atoms with E-state index in [9.17, 15) is 9.59 Å². The zero-order valence-electron chi connectivity index (χ0n) is 13.1. The van der Waals surface area contributed by atoms with E-state index in [1.54, 1.807) is 23.2 Å². The fourth-order valence-corrected chi connectivity index (χ4v) is 2.90. The lowest BCUT2D eigenvalue weighted by molar-refractivity contribution is -0.125. The SMILES string of the molecule is C[C@H]1CC(NC(=O)[C@@H]2CCCCN2C(=O)c2cccnc2)=NO1. The molecule has 1 aromatic rings. The van der Waals surface area contributed by atoms with Gasteiger partial charge in [-0.05, 0) is 38.3 Å². The van der Waals surface area contributed by atoms with Gasteiger partial charge in [0.2, 0.25) is 5.91 Å². The molecule has 0 aromatic carbocycles. The Labute approximate surface area is 134 Å². The molecule has 0 bridgehead atoms. The first-order valence-electron chi connectivity index (χ1n) is 7.89. The summed E-state index contributed by atoms with van der Waals surface area (Å²) in [6.45, 7) is 2.46. The van der Waals surface area contributed by atoms with E-state index in [0.717, 1.165) is 12.8 Å². The normalized spacial score (nSPS) is 23.9. The summed E-state index contributed by atoms with van der Waals surface area (Å²) in [6.07, 6.45) is 6.19. The van der Waals surface area contributed by atoms with Gasteiger partial charge in [0, 0.05) is 25.4 Å². The molecule has 1 N–H and O–H groups in total. The Morgan fingerprint density at radius 1 is 1.39 bits per heavy atom. The van der Waals surface area contributed by atoms with Gasteiger partial charge in [-0.25, -0.2) is 0 Å². The Bertz CT molecular complexity index is 617. The third kappa shape index (κ3) is 3.49. The van der Waals surface area contributed by atoms with Gasteiger partial charge in [-0.1, -0.05) is 5.16 Å². The minimum atomic E-state index is -0.477. The summed E-state index contributed by atoms with van der Waals surface area (Å²) in [6, 6.07) is 2.96. The van der Waals surface area contributed by atoms with Gasteiger partial charge >= 0.3 is 0 Å². The van der Waals surface area contributed by atoms with Crippen LogP contribution in [0.3, 0.4) is 0 Å². The minimum Gasteiger partial charge on any atom is -0.391 e. The molecule has 2 aliphatic rings. The molecule has 1 fully saturated rings. The van der Waals surface area contributed by atoms with Crippen LogP contribution in [0.2, 0.25) is 0 Å². The number of piperidine rings is 1. The molecule has 7 nitrogen and oxygen atoms in total. The average Bonchev–Trinajstić information content (AvgIpc) is 3.00. The van der Waals surface area contributed by atoms with Gasteiger partial charge in [0.15, 0.2) is 5.84 Å². The first-order chi connectivity index (χ1) is 11.1. The summed E-state index contributed by atoms with van der Waals surface area (Å²) >= 11 is 0. The Balaban J connectivity index is 1.71. The van der Waals surface area contributed by atoms with E-state index in [1.165, 1.54) is 6.20 Å². The first kappa shape index (κ1) is 15.5. The van der Waals surface area contributed by atoms with E-state index >= 15 is 0 Å². The molecular weight excluding hydrogens is 296 g/mol. The standard InChI is InChI=1S/C16H20N4O3/c1-11-9-14(19-23-11)18-15(21)13-6-2-3-8-20(13)16(22)12-5-4-7-17-10-12/h4-5,7,10-11,13H,2-3,6,8-9H2,1H3,(H,18,19,21)/t11-,13-/m0/s1. The van der Waals surface area contributed by atoms with E-state index < -0.39 is 6.04 Å². The number of likely N-dealkylation sites (tertiary alicyclic amines) is 1. The second-order valence-electron chi connectivity index (χ2n) is 5.90. The second kappa shape index (κ2) is 6.76. The average molecular weight is 316 g/mol. The Hall–Kier alpha value is -2.44. The van der Waals surface area contributed by atoms with Crippen molar-refractivity contribution in [3.8, 4) is 0 Å². The zero-order valence-corrected chi connectivity index (χ0v) is 13.1. The molecule has 0 spiro atoms. The van der Waals surface area contributed by atoms with E-state index in [-0.39, 0.29) is 17.9 Å². The van der Waals surface area contributed by atoms with Crippen LogP contribution in [0.4, 0.5) is 0 Å². The van der Waals surface area contributed by atoms with Gasteiger partial charge in [-0.15, -0.1) is 0 Å². The number of hydrogen-bond acceptors (Lipinski definition) is 5. The summed E-state index contributed by atoms with van der Waals surface area (Å²) in [5.74, 6) is 0.177. The van der Waals surface area contributed by atoms with Gasteiger partial charge in [0.25, 0.3) is 5.91 Å². The molecule has 0 radical (unpaired) electrons. The highest BCUT2D eigenvalue weighted by Crippen LogP contribution is 2.20. The number of rotatable bonds is 2. The monoisotopic (exact) mass is 316 g/mol. The van der Waals surface area contributed by atoms with Gasteiger partial charge in [0.1, 0.15) is 12.1 Å². The molecule has 2 atom stereocenters. The van der Waals surface area contributed by atoms with Crippen molar-refractivity contribution in [3.63, 3.8) is 0 Å². The number of oxime groups is 1. The van der Waals surface area contributed by atoms with Gasteiger partial charge in [0.05, 0.1) is 5.56 Å². The topological polar surface area (TPSA) is 83.9 Å². The van der Waals surface area contributed by atoms with Crippen molar-refractivity contribution < 1.29 is 14.4 Å². The Morgan fingerprint density at radius 3 is 2.96 bits per heavy atom. The molecule has 3 rings (SSSR count). The molecule has 3 heterocycles. The fraction of sp³-hybridized carbons (Fsp3) is 0.500. The van der Waals surface area contributed by atoms with E-state index in [0.29, 0.717) is 30.8 Å². The predicted molar refractivity (Wildman–Crippen MR) is 83.7 cm³/mol. The summed E-state index contributed by atoms with van der Waals surface area (Å²) in [7, 11) is 0. The smallest absolute Gasteiger partial charge is 0.256 e. The maximum Gasteiger partial charge on any atom is 0.256 e. The molecule has 0 aliphatic carbocycles. The van der Waals surface area contributed by atoms with Crippen molar-refractivity contribution in [3.05, 3.63) is 30.1 Å². The summed E-state index contributed by atoms with van der Waals surface area (Å²) < 4.78 is 0. The third-order valence-electron chi connectivity index (χ3n) is 4.07. The van der Waals surface area contributed by atoms with Crippen LogP contribution >= 0.6 is 0 Å². The number of carbonyl (C=O) groups excluding carboxylic acids is 2. The van der Waals surface area contributed by atoms with Gasteiger partial charge in [-0.3, -0.25) is 14.6 Å². The van der Waals surface area contributed by atoms with E-state index in [1.807, 2.05) is 6.92 Å². The molecular formula is C16H20N4O3. The molecule has 7 heteroatoms. The number of carbonyl (C=O) groups is 2. The number of aromatic nitrogens is 1. The first-order valence-corrected chi connectivity index (χ1v) is 7.89. The predicted octanol–water partition coefficient (Wildman–Crippen LogP) is 1.31. The number of nitrogens with zero attached hydrogens (tertiary/aromatic N) is 3. The van der Waals surface area contributed by atoms with Gasteiger partial charge < -0.3 is 15.1 Å². The fourth-order valence-electron chi connectivity index (χ4n) is 2.90. The lowest BCUT2D eigenvalue weighted by Gasteiger charge is -2.34. The largest absolute Gasteiger partial charge is 0.391 e. The summed E-state index contributed by atoms with van der Waals surface area (Å²) in [4.78, 5) is 35.9. The maximum absolute atomic E-state index is 12.7. The molecule has 0 saturated carbocycles. The van der Waals surface area contributed by atoms with Crippen LogP contribution in [0.1, 0.15) is 43.0 Å².